The third kappa shape index (κ3) is 3.97. The normalized spacial score (nSPS) is 19.3. The zero-order valence-electron chi connectivity index (χ0n) is 14.0. The molecule has 1 aliphatic rings. The van der Waals surface area contributed by atoms with E-state index in [2.05, 4.69) is 32.7 Å². The largest absolute Gasteiger partial charge is 0.353 e. The number of carbonyl (C=O) groups excluding carboxylic acids is 1. The first-order valence-electron chi connectivity index (χ1n) is 8.56. The Hall–Kier alpha value is -2.28. The molecular formula is C17H24N6O. The quantitative estimate of drug-likeness (QED) is 0.822. The molecule has 128 valence electrons. The summed E-state index contributed by atoms with van der Waals surface area (Å²) in [5.74, 6) is -0.0332. The van der Waals surface area contributed by atoms with Crippen molar-refractivity contribution in [2.75, 3.05) is 19.6 Å². The van der Waals surface area contributed by atoms with Gasteiger partial charge in [-0.25, -0.2) is 4.68 Å². The Balaban J connectivity index is 1.65. The van der Waals surface area contributed by atoms with Crippen molar-refractivity contribution in [3.8, 4) is 0 Å². The predicted molar refractivity (Wildman–Crippen MR) is 90.3 cm³/mol. The monoisotopic (exact) mass is 328 g/mol. The third-order valence-corrected chi connectivity index (χ3v) is 4.68. The van der Waals surface area contributed by atoms with E-state index in [1.54, 1.807) is 0 Å². The van der Waals surface area contributed by atoms with Crippen LogP contribution in [0.5, 0.6) is 0 Å². The van der Waals surface area contributed by atoms with Crippen LogP contribution in [0.15, 0.2) is 36.7 Å². The van der Waals surface area contributed by atoms with E-state index in [-0.39, 0.29) is 5.91 Å². The fourth-order valence-corrected chi connectivity index (χ4v) is 3.33. The zero-order valence-corrected chi connectivity index (χ0v) is 14.0. The molecule has 7 nitrogen and oxygen atoms in total. The molecule has 1 aliphatic heterocycles. The van der Waals surface area contributed by atoms with E-state index >= 15 is 0 Å². The minimum atomic E-state index is -0.432. The molecule has 1 saturated heterocycles. The Bertz CT molecular complexity index is 630. The highest BCUT2D eigenvalue weighted by atomic mass is 16.2. The molecule has 1 amide bonds. The summed E-state index contributed by atoms with van der Waals surface area (Å²) in [5.41, 5.74) is 1.09. The van der Waals surface area contributed by atoms with Gasteiger partial charge in [0.05, 0.1) is 0 Å². The second-order valence-electron chi connectivity index (χ2n) is 6.17. The fourth-order valence-electron chi connectivity index (χ4n) is 3.33. The molecule has 2 unspecified atom stereocenters. The van der Waals surface area contributed by atoms with Crippen molar-refractivity contribution in [1.29, 1.82) is 0 Å². The minimum absolute atomic E-state index is 0.0332. The van der Waals surface area contributed by atoms with Crippen LogP contribution in [0, 0.1) is 0 Å². The van der Waals surface area contributed by atoms with Crippen molar-refractivity contribution in [2.24, 2.45) is 0 Å². The van der Waals surface area contributed by atoms with E-state index in [1.807, 2.05) is 30.3 Å². The summed E-state index contributed by atoms with van der Waals surface area (Å²) in [6, 6.07) is 9.95. The lowest BCUT2D eigenvalue weighted by atomic mass is 10.1. The highest BCUT2D eigenvalue weighted by Gasteiger charge is 2.26. The van der Waals surface area contributed by atoms with Crippen LogP contribution in [0.2, 0.25) is 0 Å². The average Bonchev–Trinajstić information content (AvgIpc) is 3.29. The molecule has 0 radical (unpaired) electrons. The molecule has 0 spiro atoms. The molecule has 1 N–H and O–H groups in total. The number of tetrazole rings is 1. The SMILES string of the molecule is CCN1CCCC1CNC(=O)C(Cc1ccccc1)n1cnnn1. The molecule has 24 heavy (non-hydrogen) atoms. The number of hydrogen-bond acceptors (Lipinski definition) is 5. The predicted octanol–water partition coefficient (Wildman–Crippen LogP) is 1.06. The molecule has 1 aromatic carbocycles. The van der Waals surface area contributed by atoms with Gasteiger partial charge in [0.1, 0.15) is 12.4 Å². The number of aromatic nitrogens is 4. The van der Waals surface area contributed by atoms with Gasteiger partial charge in [-0.3, -0.25) is 9.69 Å². The second kappa shape index (κ2) is 8.01. The maximum absolute atomic E-state index is 12.8. The number of hydrogen-bond donors (Lipinski definition) is 1. The smallest absolute Gasteiger partial charge is 0.245 e. The highest BCUT2D eigenvalue weighted by molar-refractivity contribution is 5.80. The summed E-state index contributed by atoms with van der Waals surface area (Å²) < 4.78 is 1.54. The van der Waals surface area contributed by atoms with Gasteiger partial charge in [-0.1, -0.05) is 37.3 Å². The first-order chi connectivity index (χ1) is 11.8. The summed E-state index contributed by atoms with van der Waals surface area (Å²) in [5, 5.41) is 14.4. The van der Waals surface area contributed by atoms with Crippen LogP contribution in [0.25, 0.3) is 0 Å². The van der Waals surface area contributed by atoms with Crippen molar-refractivity contribution >= 4 is 5.91 Å². The Morgan fingerprint density at radius 1 is 1.38 bits per heavy atom. The van der Waals surface area contributed by atoms with Crippen LogP contribution in [-0.2, 0) is 11.2 Å². The molecule has 0 aliphatic carbocycles. The van der Waals surface area contributed by atoms with E-state index in [4.69, 9.17) is 0 Å². The summed E-state index contributed by atoms with van der Waals surface area (Å²) in [6.45, 7) is 5.00. The van der Waals surface area contributed by atoms with Crippen LogP contribution in [0.3, 0.4) is 0 Å². The molecule has 7 heteroatoms. The van der Waals surface area contributed by atoms with Gasteiger partial charge >= 0.3 is 0 Å². The molecule has 0 saturated carbocycles. The number of rotatable bonds is 7. The number of benzene rings is 1. The van der Waals surface area contributed by atoms with E-state index in [9.17, 15) is 4.79 Å². The molecule has 0 bridgehead atoms. The highest BCUT2D eigenvalue weighted by Crippen LogP contribution is 2.17. The standard InChI is InChI=1S/C17H24N6O/c1-2-22-10-6-9-15(22)12-18-17(24)16(23-13-19-20-21-23)11-14-7-4-3-5-8-14/h3-5,7-8,13,15-16H,2,6,9-12H2,1H3,(H,18,24). The van der Waals surface area contributed by atoms with Crippen LogP contribution >= 0.6 is 0 Å². The molecule has 1 fully saturated rings. The molecule has 2 heterocycles. The summed E-state index contributed by atoms with van der Waals surface area (Å²) in [4.78, 5) is 15.2. The number of likely N-dealkylation sites (N-methyl/N-ethyl adjacent to an activating group) is 1. The van der Waals surface area contributed by atoms with Gasteiger partial charge < -0.3 is 5.32 Å². The van der Waals surface area contributed by atoms with E-state index in [0.29, 0.717) is 19.0 Å². The lowest BCUT2D eigenvalue weighted by Crippen LogP contribution is -2.43. The number of amides is 1. The molecular weight excluding hydrogens is 304 g/mol. The van der Waals surface area contributed by atoms with Gasteiger partial charge in [0, 0.05) is 19.0 Å². The van der Waals surface area contributed by atoms with Crippen LogP contribution in [-0.4, -0.2) is 56.7 Å². The number of carbonyl (C=O) groups is 1. The number of nitrogens with zero attached hydrogens (tertiary/aromatic N) is 5. The summed E-state index contributed by atoms with van der Waals surface area (Å²) in [7, 11) is 0. The Labute approximate surface area is 142 Å². The van der Waals surface area contributed by atoms with Gasteiger partial charge in [0.25, 0.3) is 0 Å². The van der Waals surface area contributed by atoms with Crippen LogP contribution in [0.4, 0.5) is 0 Å². The second-order valence-corrected chi connectivity index (χ2v) is 6.17. The molecule has 3 rings (SSSR count). The fraction of sp³-hybridized carbons (Fsp3) is 0.529. The Morgan fingerprint density at radius 3 is 2.92 bits per heavy atom. The van der Waals surface area contributed by atoms with Crippen LogP contribution in [0.1, 0.15) is 31.4 Å². The van der Waals surface area contributed by atoms with Gasteiger partial charge in [-0.15, -0.1) is 5.10 Å². The number of likely N-dealkylation sites (tertiary alicyclic amines) is 1. The van der Waals surface area contributed by atoms with E-state index in [0.717, 1.165) is 25.1 Å². The zero-order chi connectivity index (χ0) is 16.8. The van der Waals surface area contributed by atoms with Gasteiger partial charge in [-0.2, -0.15) is 0 Å². The average molecular weight is 328 g/mol. The maximum atomic E-state index is 12.8. The van der Waals surface area contributed by atoms with E-state index < -0.39 is 6.04 Å². The Kier molecular flexibility index (Phi) is 5.53. The van der Waals surface area contributed by atoms with Gasteiger partial charge in [-0.05, 0) is 41.9 Å². The van der Waals surface area contributed by atoms with Crippen molar-refractivity contribution in [3.05, 3.63) is 42.2 Å². The summed E-state index contributed by atoms with van der Waals surface area (Å²) in [6.07, 6.45) is 4.41. The third-order valence-electron chi connectivity index (χ3n) is 4.68. The number of nitrogens with one attached hydrogen (secondary N) is 1. The van der Waals surface area contributed by atoms with Crippen molar-refractivity contribution < 1.29 is 4.79 Å². The minimum Gasteiger partial charge on any atom is -0.353 e. The van der Waals surface area contributed by atoms with E-state index in [1.165, 1.54) is 17.4 Å². The first kappa shape index (κ1) is 16.6. The Morgan fingerprint density at radius 2 is 2.21 bits per heavy atom. The first-order valence-corrected chi connectivity index (χ1v) is 8.56. The van der Waals surface area contributed by atoms with Crippen LogP contribution < -0.4 is 5.32 Å². The molecule has 2 atom stereocenters. The lowest BCUT2D eigenvalue weighted by Gasteiger charge is -2.24. The molecule has 1 aromatic heterocycles. The van der Waals surface area contributed by atoms with Gasteiger partial charge in [0.2, 0.25) is 5.91 Å². The topological polar surface area (TPSA) is 75.9 Å². The lowest BCUT2D eigenvalue weighted by molar-refractivity contribution is -0.124. The van der Waals surface area contributed by atoms with Crippen molar-refractivity contribution in [2.45, 2.75) is 38.3 Å². The summed E-state index contributed by atoms with van der Waals surface area (Å²) >= 11 is 0. The van der Waals surface area contributed by atoms with Crippen molar-refractivity contribution in [3.63, 3.8) is 0 Å². The molecule has 2 aromatic rings. The van der Waals surface area contributed by atoms with Crippen molar-refractivity contribution in [1.82, 2.24) is 30.4 Å². The maximum Gasteiger partial charge on any atom is 0.245 e. The van der Waals surface area contributed by atoms with Gasteiger partial charge in [0.15, 0.2) is 0 Å².